The van der Waals surface area contributed by atoms with Crippen LogP contribution in [-0.2, 0) is 4.74 Å². The normalized spacial score (nSPS) is 31.6. The minimum atomic E-state index is 0.377. The lowest BCUT2D eigenvalue weighted by molar-refractivity contribution is -0.158. The third-order valence-corrected chi connectivity index (χ3v) is 4.50. The van der Waals surface area contributed by atoms with Crippen LogP contribution in [0.1, 0.15) is 39.0 Å². The van der Waals surface area contributed by atoms with Crippen LogP contribution in [0.2, 0.25) is 0 Å². The number of hydrogen-bond donors (Lipinski definition) is 0. The molecule has 2 aliphatic carbocycles. The van der Waals surface area contributed by atoms with E-state index in [1.54, 1.807) is 0 Å². The average molecular weight is 222 g/mol. The summed E-state index contributed by atoms with van der Waals surface area (Å²) < 4.78 is 5.86. The van der Waals surface area contributed by atoms with Gasteiger partial charge in [-0.05, 0) is 33.2 Å². The second-order valence-electron chi connectivity index (χ2n) is 5.21. The van der Waals surface area contributed by atoms with Crippen molar-refractivity contribution in [3.05, 3.63) is 0 Å². The second-order valence-corrected chi connectivity index (χ2v) is 5.21. The topological polar surface area (TPSA) is 36.3 Å². The predicted octanol–water partition coefficient (Wildman–Crippen LogP) is 2.18. The molecular formula is C13H22N2O. The molecule has 0 N–H and O–H groups in total. The molecule has 0 unspecified atom stereocenters. The molecule has 0 aromatic heterocycles. The van der Waals surface area contributed by atoms with E-state index >= 15 is 0 Å². The van der Waals surface area contributed by atoms with Gasteiger partial charge in [0.1, 0.15) is 0 Å². The molecule has 0 aromatic carbocycles. The van der Waals surface area contributed by atoms with Crippen LogP contribution in [0, 0.1) is 16.7 Å². The molecule has 2 saturated carbocycles. The standard InChI is InChI=1S/C13H22N2O/c1-3-16-12-10-11(15(2)9-8-14)13(12)6-4-5-7-13/h11-12H,3-7,9-10H2,1-2H3/t11-,12+/m1/s1. The van der Waals surface area contributed by atoms with Gasteiger partial charge in [0.2, 0.25) is 0 Å². The van der Waals surface area contributed by atoms with Crippen LogP contribution in [0.25, 0.3) is 0 Å². The SMILES string of the molecule is CCO[C@H]1C[C@@H](N(C)CC#N)C12CCCC2. The zero-order valence-electron chi connectivity index (χ0n) is 10.4. The van der Waals surface area contributed by atoms with Crippen molar-refractivity contribution in [2.24, 2.45) is 5.41 Å². The molecule has 16 heavy (non-hydrogen) atoms. The quantitative estimate of drug-likeness (QED) is 0.684. The van der Waals surface area contributed by atoms with Crippen molar-refractivity contribution in [2.45, 2.75) is 51.2 Å². The maximum atomic E-state index is 8.78. The Labute approximate surface area is 98.4 Å². The zero-order chi connectivity index (χ0) is 11.6. The van der Waals surface area contributed by atoms with E-state index in [2.05, 4.69) is 24.9 Å². The molecule has 0 aromatic rings. The van der Waals surface area contributed by atoms with Gasteiger partial charge in [-0.15, -0.1) is 0 Å². The molecule has 2 aliphatic rings. The highest BCUT2D eigenvalue weighted by molar-refractivity contribution is 5.10. The Bertz CT molecular complexity index is 278. The highest BCUT2D eigenvalue weighted by Gasteiger charge is 2.57. The van der Waals surface area contributed by atoms with Crippen LogP contribution in [0.4, 0.5) is 0 Å². The van der Waals surface area contributed by atoms with E-state index in [1.165, 1.54) is 25.7 Å². The lowest BCUT2D eigenvalue weighted by Crippen LogP contribution is -2.62. The fourth-order valence-electron chi connectivity index (χ4n) is 3.69. The van der Waals surface area contributed by atoms with Crippen molar-refractivity contribution in [1.29, 1.82) is 5.26 Å². The summed E-state index contributed by atoms with van der Waals surface area (Å²) in [6.07, 6.45) is 6.81. The molecule has 2 fully saturated rings. The van der Waals surface area contributed by atoms with Crippen molar-refractivity contribution in [2.75, 3.05) is 20.2 Å². The van der Waals surface area contributed by atoms with Crippen molar-refractivity contribution >= 4 is 0 Å². The zero-order valence-corrected chi connectivity index (χ0v) is 10.4. The van der Waals surface area contributed by atoms with Crippen molar-refractivity contribution in [3.8, 4) is 6.07 Å². The monoisotopic (exact) mass is 222 g/mol. The van der Waals surface area contributed by atoms with Crippen LogP contribution in [-0.4, -0.2) is 37.2 Å². The Hall–Kier alpha value is -0.590. The summed E-state index contributed by atoms with van der Waals surface area (Å²) in [6.45, 7) is 3.45. The number of rotatable bonds is 4. The maximum absolute atomic E-state index is 8.78. The first-order chi connectivity index (χ1) is 7.74. The molecule has 0 radical (unpaired) electrons. The largest absolute Gasteiger partial charge is 0.378 e. The highest BCUT2D eigenvalue weighted by Crippen LogP contribution is 2.56. The van der Waals surface area contributed by atoms with Crippen LogP contribution in [0.15, 0.2) is 0 Å². The van der Waals surface area contributed by atoms with Gasteiger partial charge in [0.25, 0.3) is 0 Å². The molecule has 3 heteroatoms. The fraction of sp³-hybridized carbons (Fsp3) is 0.923. The molecule has 1 spiro atoms. The number of ether oxygens (including phenoxy) is 1. The molecule has 0 saturated heterocycles. The van der Waals surface area contributed by atoms with Gasteiger partial charge in [0.05, 0.1) is 18.7 Å². The van der Waals surface area contributed by atoms with E-state index in [-0.39, 0.29) is 0 Å². The van der Waals surface area contributed by atoms with Gasteiger partial charge in [-0.25, -0.2) is 0 Å². The molecular weight excluding hydrogens is 200 g/mol. The summed E-state index contributed by atoms with van der Waals surface area (Å²) in [5.41, 5.74) is 0.377. The van der Waals surface area contributed by atoms with Gasteiger partial charge in [-0.1, -0.05) is 12.8 Å². The maximum Gasteiger partial charge on any atom is 0.0866 e. The molecule has 0 amide bonds. The first-order valence-corrected chi connectivity index (χ1v) is 6.43. The van der Waals surface area contributed by atoms with Crippen molar-refractivity contribution in [1.82, 2.24) is 4.90 Å². The number of nitriles is 1. The summed E-state index contributed by atoms with van der Waals surface area (Å²) in [7, 11) is 2.08. The lowest BCUT2D eigenvalue weighted by atomic mass is 9.60. The highest BCUT2D eigenvalue weighted by atomic mass is 16.5. The molecule has 2 atom stereocenters. The van der Waals surface area contributed by atoms with Crippen LogP contribution >= 0.6 is 0 Å². The molecule has 0 bridgehead atoms. The average Bonchev–Trinajstić information content (AvgIpc) is 2.75. The molecule has 0 aliphatic heterocycles. The van der Waals surface area contributed by atoms with E-state index in [1.807, 2.05) is 0 Å². The van der Waals surface area contributed by atoms with Crippen molar-refractivity contribution in [3.63, 3.8) is 0 Å². The predicted molar refractivity (Wildman–Crippen MR) is 63.0 cm³/mol. The van der Waals surface area contributed by atoms with Crippen molar-refractivity contribution < 1.29 is 4.74 Å². The molecule has 3 nitrogen and oxygen atoms in total. The Morgan fingerprint density at radius 3 is 2.69 bits per heavy atom. The van der Waals surface area contributed by atoms with E-state index in [4.69, 9.17) is 10.00 Å². The fourth-order valence-corrected chi connectivity index (χ4v) is 3.69. The summed E-state index contributed by atoms with van der Waals surface area (Å²) in [5, 5.41) is 8.78. The van der Waals surface area contributed by atoms with Gasteiger partial charge in [0, 0.05) is 18.1 Å². The minimum absolute atomic E-state index is 0.377. The van der Waals surface area contributed by atoms with Gasteiger partial charge in [-0.2, -0.15) is 5.26 Å². The molecule has 90 valence electrons. The van der Waals surface area contributed by atoms with E-state index in [9.17, 15) is 0 Å². The van der Waals surface area contributed by atoms with E-state index in [0.717, 1.165) is 13.0 Å². The third kappa shape index (κ3) is 1.74. The number of hydrogen-bond acceptors (Lipinski definition) is 3. The summed E-state index contributed by atoms with van der Waals surface area (Å²) in [6, 6.07) is 2.83. The third-order valence-electron chi connectivity index (χ3n) is 4.50. The van der Waals surface area contributed by atoms with E-state index < -0.39 is 0 Å². The van der Waals surface area contributed by atoms with Crippen LogP contribution < -0.4 is 0 Å². The second kappa shape index (κ2) is 4.73. The first-order valence-electron chi connectivity index (χ1n) is 6.43. The van der Waals surface area contributed by atoms with Gasteiger partial charge in [0.15, 0.2) is 0 Å². The smallest absolute Gasteiger partial charge is 0.0866 e. The minimum Gasteiger partial charge on any atom is -0.378 e. The van der Waals surface area contributed by atoms with Gasteiger partial charge in [-0.3, -0.25) is 4.90 Å². The Morgan fingerprint density at radius 1 is 1.44 bits per heavy atom. The lowest BCUT2D eigenvalue weighted by Gasteiger charge is -2.56. The van der Waals surface area contributed by atoms with Gasteiger partial charge < -0.3 is 4.74 Å². The Kier molecular flexibility index (Phi) is 3.51. The van der Waals surface area contributed by atoms with Crippen LogP contribution in [0.3, 0.4) is 0 Å². The van der Waals surface area contributed by atoms with Crippen LogP contribution in [0.5, 0.6) is 0 Å². The van der Waals surface area contributed by atoms with Gasteiger partial charge >= 0.3 is 0 Å². The summed E-state index contributed by atoms with van der Waals surface area (Å²) in [4.78, 5) is 2.22. The molecule has 0 heterocycles. The molecule has 2 rings (SSSR count). The first kappa shape index (κ1) is 11.9. The number of nitrogens with zero attached hydrogens (tertiary/aromatic N) is 2. The summed E-state index contributed by atoms with van der Waals surface area (Å²) >= 11 is 0. The Morgan fingerprint density at radius 2 is 2.12 bits per heavy atom. The summed E-state index contributed by atoms with van der Waals surface area (Å²) in [5.74, 6) is 0. The van der Waals surface area contributed by atoms with E-state index in [0.29, 0.717) is 24.1 Å². The Balaban J connectivity index is 2.03.